The molecule has 0 saturated carbocycles. The molecule has 0 spiro atoms. The zero-order valence-corrected chi connectivity index (χ0v) is 12.5. The molecule has 1 aromatic carbocycles. The van der Waals surface area contributed by atoms with Gasteiger partial charge in [-0.05, 0) is 25.3 Å². The number of hydrogen-bond acceptors (Lipinski definition) is 3. The molecule has 98 valence electrons. The van der Waals surface area contributed by atoms with E-state index in [-0.39, 0.29) is 11.9 Å². The third-order valence-electron chi connectivity index (χ3n) is 2.78. The van der Waals surface area contributed by atoms with Crippen LogP contribution in [0, 0.1) is 0 Å². The molecule has 0 radical (unpaired) electrons. The van der Waals surface area contributed by atoms with E-state index in [2.05, 4.69) is 0 Å². The van der Waals surface area contributed by atoms with Gasteiger partial charge in [0.1, 0.15) is 4.99 Å². The van der Waals surface area contributed by atoms with Crippen LogP contribution < -0.4 is 5.73 Å². The molecule has 18 heavy (non-hydrogen) atoms. The van der Waals surface area contributed by atoms with Crippen LogP contribution in [0.25, 0.3) is 0 Å². The normalized spacial score (nSPS) is 11.9. The molecule has 0 aromatic heterocycles. The molecule has 0 aliphatic carbocycles. The second-order valence-electron chi connectivity index (χ2n) is 4.17. The van der Waals surface area contributed by atoms with Gasteiger partial charge in [0.25, 0.3) is 5.91 Å². The van der Waals surface area contributed by atoms with Gasteiger partial charge in [0.2, 0.25) is 0 Å². The van der Waals surface area contributed by atoms with E-state index >= 15 is 0 Å². The van der Waals surface area contributed by atoms with Crippen molar-refractivity contribution in [1.29, 1.82) is 0 Å². The summed E-state index contributed by atoms with van der Waals surface area (Å²) in [4.78, 5) is 14.3. The van der Waals surface area contributed by atoms with E-state index in [0.29, 0.717) is 10.6 Å². The Bertz CT molecular complexity index is 448. The molecule has 1 atom stereocenters. The number of thiocarbonyl (C=S) groups is 1. The summed E-state index contributed by atoms with van der Waals surface area (Å²) < 4.78 is 0. The van der Waals surface area contributed by atoms with Gasteiger partial charge in [-0.1, -0.05) is 24.4 Å². The minimum Gasteiger partial charge on any atom is -0.389 e. The fourth-order valence-electron chi connectivity index (χ4n) is 1.56. The lowest BCUT2D eigenvalue weighted by Gasteiger charge is -2.24. The third kappa shape index (κ3) is 3.71. The molecule has 0 aliphatic rings. The summed E-state index contributed by atoms with van der Waals surface area (Å²) in [5.41, 5.74) is 6.91. The molecule has 0 bridgehead atoms. The van der Waals surface area contributed by atoms with Crippen LogP contribution in [0.15, 0.2) is 24.3 Å². The van der Waals surface area contributed by atoms with Crippen molar-refractivity contribution in [2.45, 2.75) is 13.0 Å². The quantitative estimate of drug-likeness (QED) is 0.841. The van der Waals surface area contributed by atoms with Gasteiger partial charge in [-0.2, -0.15) is 11.8 Å². The highest BCUT2D eigenvalue weighted by Gasteiger charge is 2.17. The van der Waals surface area contributed by atoms with E-state index in [1.165, 1.54) is 0 Å². The lowest BCUT2D eigenvalue weighted by molar-refractivity contribution is 0.0757. The fraction of sp³-hybridized carbons (Fsp3) is 0.385. The van der Waals surface area contributed by atoms with Crippen molar-refractivity contribution < 1.29 is 4.79 Å². The molecule has 1 rings (SSSR count). The van der Waals surface area contributed by atoms with Crippen molar-refractivity contribution in [3.63, 3.8) is 0 Å². The van der Waals surface area contributed by atoms with Crippen LogP contribution in [-0.4, -0.2) is 40.9 Å². The van der Waals surface area contributed by atoms with Crippen molar-refractivity contribution in [2.24, 2.45) is 5.73 Å². The first kappa shape index (κ1) is 15.0. The maximum absolute atomic E-state index is 12.3. The van der Waals surface area contributed by atoms with Crippen molar-refractivity contribution in [3.8, 4) is 0 Å². The number of nitrogens with zero attached hydrogens (tertiary/aromatic N) is 1. The number of rotatable bonds is 5. The van der Waals surface area contributed by atoms with Crippen molar-refractivity contribution in [3.05, 3.63) is 35.4 Å². The number of thioether (sulfide) groups is 1. The molecule has 0 aliphatic heterocycles. The highest BCUT2D eigenvalue weighted by atomic mass is 32.2. The van der Waals surface area contributed by atoms with Crippen molar-refractivity contribution in [1.82, 2.24) is 4.90 Å². The van der Waals surface area contributed by atoms with Gasteiger partial charge < -0.3 is 10.6 Å². The van der Waals surface area contributed by atoms with Gasteiger partial charge >= 0.3 is 0 Å². The van der Waals surface area contributed by atoms with E-state index in [9.17, 15) is 4.79 Å². The SMILES string of the molecule is CSCC(C)N(C)C(=O)c1cccc(C(N)=S)c1. The summed E-state index contributed by atoms with van der Waals surface area (Å²) in [6.45, 7) is 2.03. The molecule has 1 amide bonds. The topological polar surface area (TPSA) is 46.3 Å². The molecular weight excluding hydrogens is 264 g/mol. The maximum atomic E-state index is 12.3. The molecule has 2 N–H and O–H groups in total. The summed E-state index contributed by atoms with van der Waals surface area (Å²) in [6.07, 6.45) is 2.03. The Morgan fingerprint density at radius 2 is 2.11 bits per heavy atom. The highest BCUT2D eigenvalue weighted by molar-refractivity contribution is 7.98. The van der Waals surface area contributed by atoms with Gasteiger partial charge in [0.05, 0.1) is 0 Å². The molecule has 1 aromatic rings. The van der Waals surface area contributed by atoms with Crippen molar-refractivity contribution >= 4 is 34.9 Å². The molecule has 1 unspecified atom stereocenters. The van der Waals surface area contributed by atoms with Crippen LogP contribution in [0.5, 0.6) is 0 Å². The minimum atomic E-state index is -0.00495. The first-order chi connectivity index (χ1) is 8.47. The first-order valence-corrected chi connectivity index (χ1v) is 7.43. The van der Waals surface area contributed by atoms with E-state index in [1.54, 1.807) is 34.9 Å². The largest absolute Gasteiger partial charge is 0.389 e. The standard InChI is InChI=1S/C13H18N2OS2/c1-9(8-18-3)15(2)13(16)11-6-4-5-10(7-11)12(14)17/h4-7,9H,8H2,1-3H3,(H2,14,17). The summed E-state index contributed by atoms with van der Waals surface area (Å²) in [6, 6.07) is 7.33. The van der Waals surface area contributed by atoms with Crippen molar-refractivity contribution in [2.75, 3.05) is 19.1 Å². The Hall–Kier alpha value is -1.07. The van der Waals surface area contributed by atoms with E-state index < -0.39 is 0 Å². The van der Waals surface area contributed by atoms with Crippen LogP contribution in [0.2, 0.25) is 0 Å². The molecular formula is C13H18N2OS2. The van der Waals surface area contributed by atoms with Gasteiger partial charge in [0.15, 0.2) is 0 Å². The van der Waals surface area contributed by atoms with Crippen LogP contribution in [0.1, 0.15) is 22.8 Å². The zero-order chi connectivity index (χ0) is 13.7. The van der Waals surface area contributed by atoms with E-state index in [0.717, 1.165) is 11.3 Å². The van der Waals surface area contributed by atoms with Gasteiger partial charge in [0, 0.05) is 30.0 Å². The third-order valence-corrected chi connectivity index (χ3v) is 3.83. The summed E-state index contributed by atoms with van der Waals surface area (Å²) in [7, 11) is 1.82. The number of hydrogen-bond donors (Lipinski definition) is 1. The monoisotopic (exact) mass is 282 g/mol. The van der Waals surface area contributed by atoms with E-state index in [4.69, 9.17) is 18.0 Å². The number of amides is 1. The molecule has 0 fully saturated rings. The Morgan fingerprint density at radius 1 is 1.50 bits per heavy atom. The zero-order valence-electron chi connectivity index (χ0n) is 10.8. The number of carbonyl (C=O) groups excluding carboxylic acids is 1. The summed E-state index contributed by atoms with van der Waals surface area (Å²) >= 11 is 6.64. The second-order valence-corrected chi connectivity index (χ2v) is 5.52. The second kappa shape index (κ2) is 6.75. The number of carbonyl (C=O) groups is 1. The lowest BCUT2D eigenvalue weighted by atomic mass is 10.1. The molecule has 0 heterocycles. The van der Waals surface area contributed by atoms with E-state index in [1.807, 2.05) is 26.3 Å². The average Bonchev–Trinajstić information content (AvgIpc) is 2.37. The minimum absolute atomic E-state index is 0.00495. The summed E-state index contributed by atoms with van der Waals surface area (Å²) in [5.74, 6) is 0.909. The Kier molecular flexibility index (Phi) is 5.62. The Balaban J connectivity index is 2.89. The van der Waals surface area contributed by atoms with Gasteiger partial charge in [-0.15, -0.1) is 0 Å². The predicted molar refractivity (Wildman–Crippen MR) is 82.3 cm³/mol. The Labute approximate surface area is 118 Å². The van der Waals surface area contributed by atoms with Crippen LogP contribution >= 0.6 is 24.0 Å². The number of nitrogens with two attached hydrogens (primary N) is 1. The van der Waals surface area contributed by atoms with Crippen LogP contribution in [0.3, 0.4) is 0 Å². The first-order valence-electron chi connectivity index (χ1n) is 5.63. The molecule has 3 nitrogen and oxygen atoms in total. The summed E-state index contributed by atoms with van der Waals surface area (Å²) in [5, 5.41) is 0. The van der Waals surface area contributed by atoms with Gasteiger partial charge in [-0.3, -0.25) is 4.79 Å². The average molecular weight is 282 g/mol. The van der Waals surface area contributed by atoms with Crippen LogP contribution in [-0.2, 0) is 0 Å². The Morgan fingerprint density at radius 3 is 2.67 bits per heavy atom. The number of benzene rings is 1. The van der Waals surface area contributed by atoms with Crippen LogP contribution in [0.4, 0.5) is 0 Å². The maximum Gasteiger partial charge on any atom is 0.253 e. The smallest absolute Gasteiger partial charge is 0.253 e. The molecule has 0 saturated heterocycles. The fourth-order valence-corrected chi connectivity index (χ4v) is 2.40. The molecule has 5 heteroatoms. The van der Waals surface area contributed by atoms with Gasteiger partial charge in [-0.25, -0.2) is 0 Å². The lowest BCUT2D eigenvalue weighted by Crippen LogP contribution is -2.36. The highest BCUT2D eigenvalue weighted by Crippen LogP contribution is 2.11. The predicted octanol–water partition coefficient (Wildman–Crippen LogP) is 2.14.